The van der Waals surface area contributed by atoms with Crippen LogP contribution < -0.4 is 14.4 Å². The lowest BCUT2D eigenvalue weighted by molar-refractivity contribution is -0.0750. The van der Waals surface area contributed by atoms with Gasteiger partial charge in [0.1, 0.15) is 29.7 Å². The number of ether oxygens (including phenoxy) is 2. The highest BCUT2D eigenvalue weighted by atomic mass is 19.1. The molecule has 2 aliphatic heterocycles. The topological polar surface area (TPSA) is 104 Å². The van der Waals surface area contributed by atoms with Crippen molar-refractivity contribution < 1.29 is 23.8 Å². The first kappa shape index (κ1) is 33.9. The molecule has 1 amide bonds. The molecule has 2 aromatic heterocycles. The van der Waals surface area contributed by atoms with E-state index in [2.05, 4.69) is 49.0 Å². The van der Waals surface area contributed by atoms with E-state index in [1.807, 2.05) is 32.2 Å². The fourth-order valence-corrected chi connectivity index (χ4v) is 7.53. The molecule has 4 aromatic rings. The summed E-state index contributed by atoms with van der Waals surface area (Å²) in [6, 6.07) is 16.2. The molecule has 1 N–H and O–H groups in total. The second kappa shape index (κ2) is 14.3. The van der Waals surface area contributed by atoms with Gasteiger partial charge in [0.05, 0.1) is 17.4 Å². The zero-order chi connectivity index (χ0) is 34.8. The number of amides is 1. The molecule has 2 fully saturated rings. The van der Waals surface area contributed by atoms with Crippen LogP contribution in [-0.2, 0) is 19.5 Å². The third-order valence-corrected chi connectivity index (χ3v) is 10.0. The van der Waals surface area contributed by atoms with Crippen LogP contribution in [0.4, 0.5) is 10.2 Å². The lowest BCUT2D eigenvalue weighted by Gasteiger charge is -2.48. The van der Waals surface area contributed by atoms with Crippen LogP contribution in [0.25, 0.3) is 0 Å². The normalized spacial score (nSPS) is 21.0. The largest absolute Gasteiger partial charge is 0.490 e. The molecule has 1 saturated heterocycles. The summed E-state index contributed by atoms with van der Waals surface area (Å²) >= 11 is 0. The first-order chi connectivity index (χ1) is 24.1. The molecule has 10 nitrogen and oxygen atoms in total. The molecule has 7 rings (SSSR count). The molecule has 0 spiro atoms. The Bertz CT molecular complexity index is 1810. The van der Waals surface area contributed by atoms with Gasteiger partial charge in [-0.3, -0.25) is 14.7 Å². The summed E-state index contributed by atoms with van der Waals surface area (Å²) in [6.07, 6.45) is 8.34. The fourth-order valence-electron chi connectivity index (χ4n) is 7.53. The Morgan fingerprint density at radius 2 is 1.82 bits per heavy atom. The van der Waals surface area contributed by atoms with Gasteiger partial charge in [-0.15, -0.1) is 0 Å². The van der Waals surface area contributed by atoms with Crippen molar-refractivity contribution in [3.63, 3.8) is 0 Å². The van der Waals surface area contributed by atoms with Crippen molar-refractivity contribution in [2.24, 2.45) is 0 Å². The molecule has 262 valence electrons. The Labute approximate surface area is 292 Å². The average molecular weight is 681 g/mol. The van der Waals surface area contributed by atoms with Crippen molar-refractivity contribution in [1.29, 1.82) is 0 Å². The number of nitrogens with zero attached hydrogens (tertiary/aromatic N) is 6. The third-order valence-electron chi connectivity index (χ3n) is 10.0. The van der Waals surface area contributed by atoms with Gasteiger partial charge in [0.15, 0.2) is 11.6 Å². The minimum atomic E-state index is -0.810. The molecule has 1 saturated carbocycles. The second-order valence-corrected chi connectivity index (χ2v) is 14.3. The van der Waals surface area contributed by atoms with Crippen molar-refractivity contribution in [2.45, 2.75) is 89.8 Å². The SMILES string of the molecule is CC(C)N(C(=O)c1cc(F)ccc1Oc1cncnc1N1CCC(Oc2ccnc3c2CN(Cc2ccccc2)CC3)CC1)C1CC(C)(O)C1. The molecule has 2 aromatic carbocycles. The van der Waals surface area contributed by atoms with Crippen LogP contribution in [0, 0.1) is 5.82 Å². The number of rotatable bonds is 10. The van der Waals surface area contributed by atoms with Crippen molar-refractivity contribution in [3.05, 3.63) is 102 Å². The van der Waals surface area contributed by atoms with Gasteiger partial charge >= 0.3 is 0 Å². The zero-order valence-electron chi connectivity index (χ0n) is 29.0. The van der Waals surface area contributed by atoms with Crippen molar-refractivity contribution in [1.82, 2.24) is 24.8 Å². The first-order valence-electron chi connectivity index (χ1n) is 17.6. The molecule has 3 aliphatic rings. The van der Waals surface area contributed by atoms with Gasteiger partial charge in [-0.05, 0) is 63.4 Å². The number of aromatic nitrogens is 3. The minimum absolute atomic E-state index is 0.0316. The molecular formula is C39H45FN6O4. The summed E-state index contributed by atoms with van der Waals surface area (Å²) in [4.78, 5) is 33.6. The number of carbonyl (C=O) groups excluding carboxylic acids is 1. The maximum atomic E-state index is 14.6. The van der Waals surface area contributed by atoms with Crippen LogP contribution in [0.5, 0.6) is 17.2 Å². The van der Waals surface area contributed by atoms with Gasteiger partial charge in [-0.2, -0.15) is 0 Å². The Balaban J connectivity index is 1.02. The third kappa shape index (κ3) is 7.44. The van der Waals surface area contributed by atoms with E-state index in [0.717, 1.165) is 50.3 Å². The molecule has 50 heavy (non-hydrogen) atoms. The summed E-state index contributed by atoms with van der Waals surface area (Å²) < 4.78 is 27.6. The molecule has 4 heterocycles. The van der Waals surface area contributed by atoms with E-state index >= 15 is 0 Å². The highest BCUT2D eigenvalue weighted by Crippen LogP contribution is 2.39. The van der Waals surface area contributed by atoms with Gasteiger partial charge in [-0.25, -0.2) is 14.4 Å². The molecular weight excluding hydrogens is 635 g/mol. The molecule has 1 aliphatic carbocycles. The van der Waals surface area contributed by atoms with Crippen molar-refractivity contribution in [3.8, 4) is 17.2 Å². The molecule has 0 bridgehead atoms. The Kier molecular flexibility index (Phi) is 9.70. The Morgan fingerprint density at radius 1 is 1.04 bits per heavy atom. The zero-order valence-corrected chi connectivity index (χ0v) is 29.0. The summed E-state index contributed by atoms with van der Waals surface area (Å²) in [5, 5.41) is 10.4. The van der Waals surface area contributed by atoms with E-state index in [1.165, 1.54) is 35.7 Å². The summed E-state index contributed by atoms with van der Waals surface area (Å²) in [7, 11) is 0. The van der Waals surface area contributed by atoms with Crippen LogP contribution in [0.15, 0.2) is 73.3 Å². The van der Waals surface area contributed by atoms with E-state index in [9.17, 15) is 14.3 Å². The summed E-state index contributed by atoms with van der Waals surface area (Å²) in [5.41, 5.74) is 2.89. The smallest absolute Gasteiger partial charge is 0.258 e. The number of carbonyl (C=O) groups is 1. The summed E-state index contributed by atoms with van der Waals surface area (Å²) in [5.74, 6) is 1.26. The second-order valence-electron chi connectivity index (χ2n) is 14.3. The van der Waals surface area contributed by atoms with Crippen molar-refractivity contribution in [2.75, 3.05) is 24.5 Å². The minimum Gasteiger partial charge on any atom is -0.490 e. The number of hydrogen-bond acceptors (Lipinski definition) is 9. The van der Waals surface area contributed by atoms with Gasteiger partial charge in [-0.1, -0.05) is 30.3 Å². The lowest BCUT2D eigenvalue weighted by atomic mass is 9.76. The highest BCUT2D eigenvalue weighted by molar-refractivity contribution is 5.97. The highest BCUT2D eigenvalue weighted by Gasteiger charge is 2.44. The maximum Gasteiger partial charge on any atom is 0.258 e. The average Bonchev–Trinajstić information content (AvgIpc) is 3.09. The Morgan fingerprint density at radius 3 is 2.56 bits per heavy atom. The van der Waals surface area contributed by atoms with Crippen LogP contribution in [0.3, 0.4) is 0 Å². The molecule has 11 heteroatoms. The summed E-state index contributed by atoms with van der Waals surface area (Å²) in [6.45, 7) is 9.64. The van der Waals surface area contributed by atoms with E-state index in [0.29, 0.717) is 37.5 Å². The number of hydrogen-bond donors (Lipinski definition) is 1. The van der Waals surface area contributed by atoms with Crippen LogP contribution in [-0.4, -0.2) is 79.2 Å². The standard InChI is InChI=1S/C39H45FN6O4/c1-26(2)46(29-20-39(3,48)21-29)38(47)31-19-28(40)9-10-34(31)50-36-22-41-25-43-37(36)45-17-12-30(13-18-45)49-35-11-15-42-33-14-16-44(24-32(33)35)23-27-7-5-4-6-8-27/h4-11,15,19,22,25-26,29-30,48H,12-14,16-18,20-21,23-24H2,1-3H3. The number of anilines is 1. The van der Waals surface area contributed by atoms with Crippen LogP contribution in [0.2, 0.25) is 0 Å². The lowest BCUT2D eigenvalue weighted by Crippen LogP contribution is -2.57. The number of pyridine rings is 1. The number of benzene rings is 2. The first-order valence-corrected chi connectivity index (χ1v) is 17.6. The van der Waals surface area contributed by atoms with Gasteiger partial charge in [0, 0.05) is 81.5 Å². The fraction of sp³-hybridized carbons (Fsp3) is 0.436. The number of piperidine rings is 1. The Hall–Kier alpha value is -4.61. The molecule has 0 unspecified atom stereocenters. The van der Waals surface area contributed by atoms with Gasteiger partial charge in [0.25, 0.3) is 5.91 Å². The number of aliphatic hydroxyl groups is 1. The molecule has 0 radical (unpaired) electrons. The van der Waals surface area contributed by atoms with Gasteiger partial charge in [0.2, 0.25) is 0 Å². The van der Waals surface area contributed by atoms with E-state index in [-0.39, 0.29) is 35.4 Å². The van der Waals surface area contributed by atoms with Crippen LogP contribution in [0.1, 0.15) is 73.6 Å². The number of halogens is 1. The monoisotopic (exact) mass is 680 g/mol. The van der Waals surface area contributed by atoms with E-state index in [4.69, 9.17) is 9.47 Å². The van der Waals surface area contributed by atoms with E-state index in [1.54, 1.807) is 18.0 Å². The van der Waals surface area contributed by atoms with Gasteiger partial charge < -0.3 is 24.4 Å². The predicted octanol–water partition coefficient (Wildman–Crippen LogP) is 6.17. The van der Waals surface area contributed by atoms with E-state index < -0.39 is 11.4 Å². The predicted molar refractivity (Wildman–Crippen MR) is 188 cm³/mol. The van der Waals surface area contributed by atoms with Crippen molar-refractivity contribution >= 4 is 11.7 Å². The number of fused-ring (bicyclic) bond motifs is 1. The maximum absolute atomic E-state index is 14.6. The quantitative estimate of drug-likeness (QED) is 0.211. The molecule has 0 atom stereocenters. The van der Waals surface area contributed by atoms with Crippen LogP contribution >= 0.6 is 0 Å².